The van der Waals surface area contributed by atoms with E-state index in [1.807, 2.05) is 13.0 Å². The SMILES string of the molecule is CC(NC(=O)Nc1ccc(S(N)(=O)=O)cc1)c1cccc(Cl)c1. The van der Waals surface area contributed by atoms with E-state index in [1.54, 1.807) is 18.2 Å². The van der Waals surface area contributed by atoms with E-state index in [1.165, 1.54) is 24.3 Å². The van der Waals surface area contributed by atoms with Crippen molar-refractivity contribution in [2.24, 2.45) is 5.14 Å². The number of sulfonamides is 1. The Morgan fingerprint density at radius 3 is 2.39 bits per heavy atom. The fourth-order valence-electron chi connectivity index (χ4n) is 1.95. The molecule has 2 aromatic carbocycles. The molecule has 6 nitrogen and oxygen atoms in total. The second-order valence-corrected chi connectivity index (χ2v) is 6.94. The van der Waals surface area contributed by atoms with Gasteiger partial charge in [-0.25, -0.2) is 18.4 Å². The lowest BCUT2D eigenvalue weighted by molar-refractivity contribution is 0.249. The van der Waals surface area contributed by atoms with E-state index in [-0.39, 0.29) is 10.9 Å². The van der Waals surface area contributed by atoms with Gasteiger partial charge in [0.1, 0.15) is 0 Å². The minimum atomic E-state index is -3.75. The Balaban J connectivity index is 1.99. The van der Waals surface area contributed by atoms with E-state index in [2.05, 4.69) is 10.6 Å². The zero-order valence-corrected chi connectivity index (χ0v) is 13.9. The molecule has 0 aliphatic heterocycles. The molecule has 0 heterocycles. The first-order valence-electron chi connectivity index (χ1n) is 6.71. The van der Waals surface area contributed by atoms with Crippen LogP contribution in [0.1, 0.15) is 18.5 Å². The number of rotatable bonds is 4. The maximum absolute atomic E-state index is 12.0. The van der Waals surface area contributed by atoms with Crippen LogP contribution in [0.25, 0.3) is 0 Å². The molecule has 0 aromatic heterocycles. The number of anilines is 1. The highest BCUT2D eigenvalue weighted by Gasteiger charge is 2.11. The van der Waals surface area contributed by atoms with Gasteiger partial charge < -0.3 is 10.6 Å². The summed E-state index contributed by atoms with van der Waals surface area (Å²) in [6.07, 6.45) is 0. The number of hydrogen-bond donors (Lipinski definition) is 3. The third kappa shape index (κ3) is 4.95. The number of amides is 2. The van der Waals surface area contributed by atoms with Crippen molar-refractivity contribution in [1.29, 1.82) is 0 Å². The van der Waals surface area contributed by atoms with E-state index >= 15 is 0 Å². The molecule has 23 heavy (non-hydrogen) atoms. The van der Waals surface area contributed by atoms with E-state index in [0.29, 0.717) is 10.7 Å². The van der Waals surface area contributed by atoms with E-state index in [4.69, 9.17) is 16.7 Å². The van der Waals surface area contributed by atoms with Gasteiger partial charge in [0.25, 0.3) is 0 Å². The van der Waals surface area contributed by atoms with Crippen LogP contribution in [0.2, 0.25) is 5.02 Å². The molecule has 4 N–H and O–H groups in total. The molecule has 1 unspecified atom stereocenters. The van der Waals surface area contributed by atoms with Gasteiger partial charge in [-0.15, -0.1) is 0 Å². The molecule has 0 saturated heterocycles. The first-order chi connectivity index (χ1) is 10.8. The summed E-state index contributed by atoms with van der Waals surface area (Å²) >= 11 is 5.92. The summed E-state index contributed by atoms with van der Waals surface area (Å²) in [7, 11) is -3.75. The molecule has 122 valence electrons. The van der Waals surface area contributed by atoms with Gasteiger partial charge in [-0.1, -0.05) is 23.7 Å². The summed E-state index contributed by atoms with van der Waals surface area (Å²) < 4.78 is 22.3. The second kappa shape index (κ2) is 6.99. The van der Waals surface area contributed by atoms with Gasteiger partial charge >= 0.3 is 6.03 Å². The molecule has 0 fully saturated rings. The van der Waals surface area contributed by atoms with Crippen molar-refractivity contribution in [3.63, 3.8) is 0 Å². The van der Waals surface area contributed by atoms with Crippen LogP contribution in [0.5, 0.6) is 0 Å². The standard InChI is InChI=1S/C15H16ClN3O3S/c1-10(11-3-2-4-12(16)9-11)18-15(20)19-13-5-7-14(8-6-13)23(17,21)22/h2-10H,1H3,(H2,17,21,22)(H2,18,19,20). The number of nitrogens with one attached hydrogen (secondary N) is 2. The molecule has 0 aliphatic rings. The quantitative estimate of drug-likeness (QED) is 0.787. The number of benzene rings is 2. The van der Waals surface area contributed by atoms with Crippen molar-refractivity contribution in [3.05, 3.63) is 59.1 Å². The third-order valence-corrected chi connectivity index (χ3v) is 4.30. The van der Waals surface area contributed by atoms with Gasteiger partial charge in [0, 0.05) is 10.7 Å². The van der Waals surface area contributed by atoms with Gasteiger partial charge in [-0.05, 0) is 48.9 Å². The van der Waals surface area contributed by atoms with Gasteiger partial charge in [0.15, 0.2) is 0 Å². The lowest BCUT2D eigenvalue weighted by Gasteiger charge is -2.15. The Hall–Kier alpha value is -2.09. The smallest absolute Gasteiger partial charge is 0.319 e. The summed E-state index contributed by atoms with van der Waals surface area (Å²) in [5, 5.41) is 11.0. The summed E-state index contributed by atoms with van der Waals surface area (Å²) in [4.78, 5) is 11.9. The van der Waals surface area contributed by atoms with Crippen LogP contribution in [0, 0.1) is 0 Å². The summed E-state index contributed by atoms with van der Waals surface area (Å²) in [5.74, 6) is 0. The number of hydrogen-bond acceptors (Lipinski definition) is 3. The van der Waals surface area contributed by atoms with Crippen LogP contribution in [0.4, 0.5) is 10.5 Å². The molecule has 0 radical (unpaired) electrons. The first kappa shape index (κ1) is 17.3. The van der Waals surface area contributed by atoms with Gasteiger partial charge in [0.2, 0.25) is 10.0 Å². The Kier molecular flexibility index (Phi) is 5.25. The number of nitrogens with two attached hydrogens (primary N) is 1. The predicted molar refractivity (Wildman–Crippen MR) is 89.8 cm³/mol. The number of halogens is 1. The third-order valence-electron chi connectivity index (χ3n) is 3.14. The largest absolute Gasteiger partial charge is 0.331 e. The molecule has 0 aliphatic carbocycles. The topological polar surface area (TPSA) is 101 Å². The maximum atomic E-state index is 12.0. The normalized spacial score (nSPS) is 12.5. The lowest BCUT2D eigenvalue weighted by atomic mass is 10.1. The van der Waals surface area contributed by atoms with E-state index < -0.39 is 16.1 Å². The van der Waals surface area contributed by atoms with E-state index in [9.17, 15) is 13.2 Å². The molecule has 0 bridgehead atoms. The average molecular weight is 354 g/mol. The summed E-state index contributed by atoms with van der Waals surface area (Å²) in [5.41, 5.74) is 1.32. The molecular formula is C15H16ClN3O3S. The van der Waals surface area contributed by atoms with Crippen molar-refractivity contribution in [1.82, 2.24) is 5.32 Å². The molecule has 8 heteroatoms. The molecule has 2 aromatic rings. The molecule has 1 atom stereocenters. The maximum Gasteiger partial charge on any atom is 0.319 e. The number of primary sulfonamides is 1. The second-order valence-electron chi connectivity index (χ2n) is 4.94. The minimum absolute atomic E-state index is 0.0178. The molecule has 0 spiro atoms. The zero-order chi connectivity index (χ0) is 17.0. The summed E-state index contributed by atoms with van der Waals surface area (Å²) in [6.45, 7) is 1.83. The van der Waals surface area contributed by atoms with Crippen LogP contribution >= 0.6 is 11.6 Å². The minimum Gasteiger partial charge on any atom is -0.331 e. The van der Waals surface area contributed by atoms with Crippen LogP contribution < -0.4 is 15.8 Å². The zero-order valence-electron chi connectivity index (χ0n) is 12.3. The number of carbonyl (C=O) groups excluding carboxylic acids is 1. The van der Waals surface area contributed by atoms with Gasteiger partial charge in [-0.2, -0.15) is 0 Å². The molecule has 2 amide bonds. The average Bonchev–Trinajstić information content (AvgIpc) is 2.46. The number of urea groups is 1. The van der Waals surface area contributed by atoms with Crippen molar-refractivity contribution in [2.75, 3.05) is 5.32 Å². The Labute approximate surface area is 139 Å². The Bertz CT molecular complexity index is 807. The highest BCUT2D eigenvalue weighted by Crippen LogP contribution is 2.18. The summed E-state index contributed by atoms with van der Waals surface area (Å²) in [6, 6.07) is 12.1. The molecular weight excluding hydrogens is 338 g/mol. The van der Waals surface area contributed by atoms with Crippen LogP contribution in [-0.2, 0) is 10.0 Å². The van der Waals surface area contributed by atoms with Gasteiger partial charge in [0.05, 0.1) is 10.9 Å². The monoisotopic (exact) mass is 353 g/mol. The van der Waals surface area contributed by atoms with Gasteiger partial charge in [-0.3, -0.25) is 0 Å². The van der Waals surface area contributed by atoms with Crippen LogP contribution in [0.3, 0.4) is 0 Å². The van der Waals surface area contributed by atoms with Crippen molar-refractivity contribution in [2.45, 2.75) is 17.9 Å². The molecule has 2 rings (SSSR count). The fourth-order valence-corrected chi connectivity index (χ4v) is 2.67. The van der Waals surface area contributed by atoms with E-state index in [0.717, 1.165) is 5.56 Å². The van der Waals surface area contributed by atoms with Crippen LogP contribution in [-0.4, -0.2) is 14.4 Å². The molecule has 0 saturated carbocycles. The Morgan fingerprint density at radius 1 is 1.17 bits per heavy atom. The number of carbonyl (C=O) groups is 1. The van der Waals surface area contributed by atoms with Crippen molar-refractivity contribution >= 4 is 33.3 Å². The predicted octanol–water partition coefficient (Wildman–Crippen LogP) is 2.87. The highest BCUT2D eigenvalue weighted by atomic mass is 35.5. The first-order valence-corrected chi connectivity index (χ1v) is 8.64. The fraction of sp³-hybridized carbons (Fsp3) is 0.133. The van der Waals surface area contributed by atoms with Crippen LogP contribution in [0.15, 0.2) is 53.4 Å². The van der Waals surface area contributed by atoms with Crippen molar-refractivity contribution in [3.8, 4) is 0 Å². The van der Waals surface area contributed by atoms with Crippen molar-refractivity contribution < 1.29 is 13.2 Å². The Morgan fingerprint density at radius 2 is 1.83 bits per heavy atom. The lowest BCUT2D eigenvalue weighted by Crippen LogP contribution is -2.31. The highest BCUT2D eigenvalue weighted by molar-refractivity contribution is 7.89.